The van der Waals surface area contributed by atoms with Gasteiger partial charge in [-0.1, -0.05) is 92.9 Å². The van der Waals surface area contributed by atoms with Gasteiger partial charge in [-0.3, -0.25) is 59.4 Å². The van der Waals surface area contributed by atoms with E-state index >= 15 is 0 Å². The average Bonchev–Trinajstić information content (AvgIpc) is 4.27. The molecule has 6 rings (SSSR count). The zero-order chi connectivity index (χ0) is 57.9. The van der Waals surface area contributed by atoms with Crippen molar-refractivity contribution in [2.45, 2.75) is 156 Å². The van der Waals surface area contributed by atoms with Crippen LogP contribution in [-0.4, -0.2) is 171 Å². The fourth-order valence-corrected chi connectivity index (χ4v) is 10.9. The van der Waals surface area contributed by atoms with Gasteiger partial charge in [-0.15, -0.1) is 0 Å². The molecule has 4 fully saturated rings. The fourth-order valence-electron chi connectivity index (χ4n) is 10.9. The molecule has 4 heterocycles. The van der Waals surface area contributed by atoms with Crippen LogP contribution >= 0.6 is 0 Å². The second kappa shape index (κ2) is 30.2. The van der Waals surface area contributed by atoms with Crippen LogP contribution in [0.25, 0.3) is 0 Å². The molecule has 24 nitrogen and oxygen atoms in total. The summed E-state index contributed by atoms with van der Waals surface area (Å²) < 4.78 is 10.0. The second-order valence-electron chi connectivity index (χ2n) is 23.7. The van der Waals surface area contributed by atoms with Gasteiger partial charge in [0.05, 0.1) is 31.3 Å². The van der Waals surface area contributed by atoms with Crippen LogP contribution in [0.2, 0.25) is 0 Å². The van der Waals surface area contributed by atoms with Crippen molar-refractivity contribution >= 4 is 54.5 Å². The Kier molecular flexibility index (Phi) is 24.9. The number of rotatable bonds is 22. The summed E-state index contributed by atoms with van der Waals surface area (Å²) in [5, 5.41) is 45.0. The van der Waals surface area contributed by atoms with E-state index in [-0.39, 0.29) is 77.1 Å². The summed E-state index contributed by atoms with van der Waals surface area (Å²) in [5.41, 5.74) is -0.437. The number of piperidine rings is 2. The number of nitrogens with zero attached hydrogens (tertiary/aromatic N) is 8. The van der Waals surface area contributed by atoms with E-state index in [0.29, 0.717) is 99.6 Å². The number of nitro groups is 2. The number of hydrogen-bond donors (Lipinski definition) is 3. The van der Waals surface area contributed by atoms with Crippen LogP contribution in [0.4, 0.5) is 11.8 Å². The van der Waals surface area contributed by atoms with Crippen molar-refractivity contribution in [3.63, 3.8) is 0 Å². The third-order valence-corrected chi connectivity index (χ3v) is 15.3. The molecule has 436 valence electrons. The molecule has 2 aliphatic heterocycles. The quantitative estimate of drug-likeness (QED) is 0.0454. The number of nitrogens with one attached hydrogen (secondary N) is 1. The highest BCUT2D eigenvalue weighted by Gasteiger charge is 2.38. The molecule has 0 spiro atoms. The molecule has 3 N–H and O–H groups in total. The molecule has 3 atom stereocenters. The molecule has 2 aromatic rings. The first-order valence-electron chi connectivity index (χ1n) is 27.3. The highest BCUT2D eigenvalue weighted by atomic mass is 16.7. The van der Waals surface area contributed by atoms with Crippen LogP contribution in [0.3, 0.4) is 0 Å². The van der Waals surface area contributed by atoms with Crippen LogP contribution in [0.5, 0.6) is 0 Å². The molecule has 0 unspecified atom stereocenters. The van der Waals surface area contributed by atoms with Crippen LogP contribution in [0, 0.1) is 54.7 Å². The highest BCUT2D eigenvalue weighted by Crippen LogP contribution is 2.33. The molecule has 2 aliphatic carbocycles. The number of carbonyl (C=O) groups excluding carboxylic acids is 7. The van der Waals surface area contributed by atoms with E-state index in [9.17, 15) is 59.0 Å². The lowest BCUT2D eigenvalue weighted by Crippen LogP contribution is -2.57. The predicted octanol–water partition coefficient (Wildman–Crippen LogP) is 7.22. The van der Waals surface area contributed by atoms with Crippen molar-refractivity contribution < 1.29 is 62.7 Å². The van der Waals surface area contributed by atoms with Crippen LogP contribution in [0.1, 0.15) is 159 Å². The third-order valence-electron chi connectivity index (χ3n) is 15.3. The molecule has 0 radical (unpaired) electrons. The van der Waals surface area contributed by atoms with Crippen molar-refractivity contribution in [3.05, 3.63) is 56.0 Å². The summed E-state index contributed by atoms with van der Waals surface area (Å²) in [4.78, 5) is 110. The smallest absolute Gasteiger partial charge is 0.395 e. The second-order valence-corrected chi connectivity index (χ2v) is 23.7. The summed E-state index contributed by atoms with van der Waals surface area (Å²) >= 11 is 0. The summed E-state index contributed by atoms with van der Waals surface area (Å²) in [6.45, 7) is 14.8. The predicted molar refractivity (Wildman–Crippen MR) is 285 cm³/mol. The lowest BCUT2D eigenvalue weighted by molar-refractivity contribution is -0.402. The normalized spacial score (nSPS) is 17.8. The summed E-state index contributed by atoms with van der Waals surface area (Å²) in [7, 11) is 3.60. The lowest BCUT2D eigenvalue weighted by atomic mass is 9.84. The topological polar surface area (TPSA) is 304 Å². The van der Waals surface area contributed by atoms with Gasteiger partial charge in [-0.05, 0) is 79.2 Å². The number of aldehydes is 1. The first-order valence-corrected chi connectivity index (χ1v) is 27.3. The van der Waals surface area contributed by atoms with Gasteiger partial charge in [0.1, 0.15) is 16.1 Å². The van der Waals surface area contributed by atoms with Crippen molar-refractivity contribution in [3.8, 4) is 0 Å². The number of amides is 6. The van der Waals surface area contributed by atoms with Crippen molar-refractivity contribution in [2.75, 3.05) is 59.9 Å². The highest BCUT2D eigenvalue weighted by molar-refractivity contribution is 5.92. The van der Waals surface area contributed by atoms with E-state index in [1.54, 1.807) is 26.6 Å². The Labute approximate surface area is 457 Å². The van der Waals surface area contributed by atoms with E-state index in [1.807, 2.05) is 48.6 Å². The van der Waals surface area contributed by atoms with Gasteiger partial charge in [0, 0.05) is 71.2 Å². The molecule has 6 amide bonds. The molecular formula is C54H85N9O15. The SMILES string of the molecule is CN(C(=O)CC(C)(C)C)C1CCN(C(=O)c2ccc([N+](=O)[O-])o2)CC1.CN(C(=O)[C@@H](NC[C@H](CC1CCCC1)CN(O)C=O)C(C)(C)C)C1CCN(C(=O)c2ccc([N+](=O)[O-])o2)CC1.O=C[C@H](CC1CCCC1)CN(O)C=O. The Bertz CT molecular complexity index is 2280. The summed E-state index contributed by atoms with van der Waals surface area (Å²) in [6, 6.07) is 4.56. The van der Waals surface area contributed by atoms with E-state index < -0.39 is 33.6 Å². The molecule has 2 aromatic heterocycles. The fraction of sp³-hybridized carbons (Fsp3) is 0.722. The maximum atomic E-state index is 13.7. The number of carbonyl (C=O) groups is 7. The first kappa shape index (κ1) is 64.3. The third kappa shape index (κ3) is 20.2. The minimum absolute atomic E-state index is 0.0256. The minimum Gasteiger partial charge on any atom is -0.395 e. The van der Waals surface area contributed by atoms with Gasteiger partial charge < -0.3 is 38.5 Å². The van der Waals surface area contributed by atoms with E-state index in [0.717, 1.165) is 32.0 Å². The minimum atomic E-state index is -0.678. The van der Waals surface area contributed by atoms with Gasteiger partial charge in [-0.25, -0.2) is 10.1 Å². The van der Waals surface area contributed by atoms with Gasteiger partial charge in [-0.2, -0.15) is 0 Å². The Morgan fingerprint density at radius 2 is 1.10 bits per heavy atom. The molecule has 78 heavy (non-hydrogen) atoms. The zero-order valence-electron chi connectivity index (χ0n) is 46.9. The van der Waals surface area contributed by atoms with Gasteiger partial charge in [0.2, 0.25) is 24.6 Å². The standard InChI is InChI=1S/C27H43N5O7.C17H25N3O5.C10H17NO3/c1-27(2,3)24(28-16-20(17-31(36)18-33)15-19-7-5-6-8-19)26(35)29(4)21-11-13-30(14-12-21)25(34)22-9-10-23(39-22)32(37)38;1-17(2,3)11-14(21)18(4)12-7-9-19(10-8-12)16(22)13-5-6-15(25-13)20(23)24;12-7-10(6-11(14)8-13)5-9-3-1-2-4-9/h9-10,18-21,24,28,36H,5-8,11-17H2,1-4H3;5-6,12H,7-11H2,1-4H3;7-10,14H,1-6H2/t20-,24+;;10-/m0.1/s1. The number of likely N-dealkylation sites (N-methyl/N-ethyl adjacent to an activating group) is 1. The Balaban J connectivity index is 0.000000285. The van der Waals surface area contributed by atoms with Crippen molar-refractivity contribution in [1.82, 2.24) is 35.0 Å². The molecule has 0 bridgehead atoms. The Hall–Kier alpha value is -6.27. The lowest BCUT2D eigenvalue weighted by Gasteiger charge is -2.40. The Morgan fingerprint density at radius 1 is 0.679 bits per heavy atom. The molecule has 4 aliphatic rings. The van der Waals surface area contributed by atoms with E-state index in [4.69, 9.17) is 14.0 Å². The number of likely N-dealkylation sites (tertiary alicyclic amines) is 2. The van der Waals surface area contributed by atoms with Crippen molar-refractivity contribution in [1.29, 1.82) is 0 Å². The number of hydrogen-bond acceptors (Lipinski definition) is 16. The monoisotopic (exact) mass is 1100 g/mol. The number of hydroxylamine groups is 4. The largest absolute Gasteiger partial charge is 0.433 e. The molecule has 0 aromatic carbocycles. The van der Waals surface area contributed by atoms with E-state index in [2.05, 4.69) is 5.32 Å². The van der Waals surface area contributed by atoms with E-state index in [1.165, 1.54) is 62.8 Å². The molecule has 2 saturated carbocycles. The summed E-state index contributed by atoms with van der Waals surface area (Å²) in [5.74, 6) is -0.689. The van der Waals surface area contributed by atoms with Gasteiger partial charge in [0.15, 0.2) is 11.5 Å². The Morgan fingerprint density at radius 3 is 1.49 bits per heavy atom. The molecular weight excluding hydrogens is 1010 g/mol. The molecule has 2 saturated heterocycles. The van der Waals surface area contributed by atoms with Crippen LogP contribution in [0.15, 0.2) is 33.1 Å². The van der Waals surface area contributed by atoms with Crippen LogP contribution in [-0.2, 0) is 24.0 Å². The first-order chi connectivity index (χ1) is 36.7. The van der Waals surface area contributed by atoms with Gasteiger partial charge >= 0.3 is 11.8 Å². The number of furan rings is 2. The maximum absolute atomic E-state index is 13.7. The van der Waals surface area contributed by atoms with Crippen molar-refractivity contribution in [2.24, 2.45) is 34.5 Å². The van der Waals surface area contributed by atoms with Crippen LogP contribution < -0.4 is 5.32 Å². The maximum Gasteiger partial charge on any atom is 0.433 e. The summed E-state index contributed by atoms with van der Waals surface area (Å²) in [6.07, 6.45) is 15.9. The molecule has 24 heteroatoms. The van der Waals surface area contributed by atoms with Gasteiger partial charge in [0.25, 0.3) is 11.8 Å². The zero-order valence-corrected chi connectivity index (χ0v) is 46.9. The average molecular weight is 1100 g/mol.